The van der Waals surface area contributed by atoms with E-state index in [1.807, 2.05) is 6.92 Å². The topological polar surface area (TPSA) is 41.6 Å². The summed E-state index contributed by atoms with van der Waals surface area (Å²) in [5.41, 5.74) is 5.29. The molecule has 1 aromatic rings. The molecule has 6 heteroatoms. The molecule has 0 aromatic heterocycles. The molecule has 1 aromatic carbocycles. The highest BCUT2D eigenvalue weighted by atomic mass is 19.4. The maximum Gasteiger partial charge on any atom is 0.416 e. The van der Waals surface area contributed by atoms with Crippen molar-refractivity contribution in [1.29, 1.82) is 0 Å². The fourth-order valence-corrected chi connectivity index (χ4v) is 2.22. The average Bonchev–Trinajstić information content (AvgIpc) is 2.69. The molecule has 0 saturated heterocycles. The zero-order valence-electron chi connectivity index (χ0n) is 9.91. The third-order valence-corrected chi connectivity index (χ3v) is 3.06. The minimum atomic E-state index is -4.35. The molecular weight excluding hydrogens is 243 g/mol. The molecule has 1 unspecified atom stereocenters. The van der Waals surface area contributed by atoms with E-state index in [-0.39, 0.29) is 12.1 Å². The van der Waals surface area contributed by atoms with Crippen molar-refractivity contribution in [2.75, 3.05) is 13.1 Å². The van der Waals surface area contributed by atoms with Crippen LogP contribution in [0.1, 0.15) is 24.1 Å². The van der Waals surface area contributed by atoms with Crippen LogP contribution in [0.25, 0.3) is 0 Å². The second kappa shape index (κ2) is 4.51. The summed E-state index contributed by atoms with van der Waals surface area (Å²) in [5.74, 6) is 0.305. The zero-order chi connectivity index (χ0) is 13.3. The molecule has 1 atom stereocenters. The first kappa shape index (κ1) is 12.7. The largest absolute Gasteiger partial charge is 0.416 e. The number of aliphatic imine (C=N–C) groups is 1. The van der Waals surface area contributed by atoms with Gasteiger partial charge in [0.05, 0.1) is 18.2 Å². The predicted molar refractivity (Wildman–Crippen MR) is 63.1 cm³/mol. The lowest BCUT2D eigenvalue weighted by Gasteiger charge is -2.27. The molecule has 18 heavy (non-hydrogen) atoms. The van der Waals surface area contributed by atoms with Gasteiger partial charge in [-0.15, -0.1) is 0 Å². The van der Waals surface area contributed by atoms with Crippen LogP contribution < -0.4 is 5.73 Å². The van der Waals surface area contributed by atoms with Gasteiger partial charge >= 0.3 is 6.18 Å². The molecule has 0 spiro atoms. The molecule has 0 aliphatic carbocycles. The smallest absolute Gasteiger partial charge is 0.370 e. The van der Waals surface area contributed by atoms with Crippen LogP contribution in [-0.4, -0.2) is 23.9 Å². The second-order valence-corrected chi connectivity index (χ2v) is 4.09. The van der Waals surface area contributed by atoms with E-state index in [4.69, 9.17) is 5.73 Å². The Morgan fingerprint density at radius 3 is 2.67 bits per heavy atom. The van der Waals surface area contributed by atoms with Crippen LogP contribution in [0.4, 0.5) is 13.2 Å². The number of rotatable bonds is 2. The van der Waals surface area contributed by atoms with Crippen molar-refractivity contribution < 1.29 is 13.2 Å². The van der Waals surface area contributed by atoms with Crippen molar-refractivity contribution in [3.63, 3.8) is 0 Å². The van der Waals surface area contributed by atoms with Gasteiger partial charge in [0.1, 0.15) is 0 Å². The summed E-state index contributed by atoms with van der Waals surface area (Å²) in [6.07, 6.45) is -4.35. The highest BCUT2D eigenvalue weighted by Crippen LogP contribution is 2.37. The Labute approximate surface area is 103 Å². The number of nitrogens with two attached hydrogens (primary N) is 1. The molecule has 3 nitrogen and oxygen atoms in total. The number of likely N-dealkylation sites (N-methyl/N-ethyl adjacent to an activating group) is 1. The minimum Gasteiger partial charge on any atom is -0.370 e. The fraction of sp³-hybridized carbons (Fsp3) is 0.417. The van der Waals surface area contributed by atoms with Crippen molar-refractivity contribution in [3.8, 4) is 0 Å². The van der Waals surface area contributed by atoms with Gasteiger partial charge < -0.3 is 10.6 Å². The van der Waals surface area contributed by atoms with Crippen LogP contribution in [0.3, 0.4) is 0 Å². The van der Waals surface area contributed by atoms with Gasteiger partial charge in [0.2, 0.25) is 0 Å². The summed E-state index contributed by atoms with van der Waals surface area (Å²) < 4.78 is 38.8. The Morgan fingerprint density at radius 2 is 2.06 bits per heavy atom. The lowest BCUT2D eigenvalue weighted by atomic mass is 9.99. The normalized spacial score (nSPS) is 20.1. The molecular formula is C12H14F3N3. The van der Waals surface area contributed by atoms with Crippen LogP contribution in [0, 0.1) is 0 Å². The monoisotopic (exact) mass is 257 g/mol. The average molecular weight is 257 g/mol. The maximum atomic E-state index is 12.9. The quantitative estimate of drug-likeness (QED) is 0.883. The SMILES string of the molecule is CCN1C(N)=NCC1c1ccccc1C(F)(F)F. The van der Waals surface area contributed by atoms with Crippen molar-refractivity contribution in [1.82, 2.24) is 4.90 Å². The van der Waals surface area contributed by atoms with E-state index in [9.17, 15) is 13.2 Å². The summed E-state index contributed by atoms with van der Waals surface area (Å²) in [7, 11) is 0. The summed E-state index contributed by atoms with van der Waals surface area (Å²) in [4.78, 5) is 5.71. The van der Waals surface area contributed by atoms with E-state index in [0.717, 1.165) is 6.07 Å². The highest BCUT2D eigenvalue weighted by Gasteiger charge is 2.37. The number of alkyl halides is 3. The van der Waals surface area contributed by atoms with Gasteiger partial charge in [0.25, 0.3) is 0 Å². The number of hydrogen-bond acceptors (Lipinski definition) is 3. The molecule has 0 fully saturated rings. The number of nitrogens with zero attached hydrogens (tertiary/aromatic N) is 2. The van der Waals surface area contributed by atoms with Gasteiger partial charge in [0.15, 0.2) is 5.96 Å². The Bertz CT molecular complexity index is 468. The molecule has 98 valence electrons. The molecule has 1 aliphatic rings. The predicted octanol–water partition coefficient (Wildman–Crippen LogP) is 2.40. The van der Waals surface area contributed by atoms with E-state index in [2.05, 4.69) is 4.99 Å². The Balaban J connectivity index is 2.41. The van der Waals surface area contributed by atoms with Crippen molar-refractivity contribution in [2.45, 2.75) is 19.1 Å². The van der Waals surface area contributed by atoms with E-state index < -0.39 is 17.8 Å². The third-order valence-electron chi connectivity index (χ3n) is 3.06. The molecule has 1 aliphatic heterocycles. The summed E-state index contributed by atoms with van der Waals surface area (Å²) in [5, 5.41) is 0. The number of halogens is 3. The second-order valence-electron chi connectivity index (χ2n) is 4.09. The van der Waals surface area contributed by atoms with E-state index >= 15 is 0 Å². The van der Waals surface area contributed by atoms with Crippen molar-refractivity contribution in [3.05, 3.63) is 35.4 Å². The molecule has 0 radical (unpaired) electrons. The first-order valence-corrected chi connectivity index (χ1v) is 5.67. The summed E-state index contributed by atoms with van der Waals surface area (Å²) in [6.45, 7) is 2.65. The van der Waals surface area contributed by atoms with Crippen LogP contribution in [0.5, 0.6) is 0 Å². The van der Waals surface area contributed by atoms with Gasteiger partial charge in [-0.1, -0.05) is 18.2 Å². The van der Waals surface area contributed by atoms with Crippen LogP contribution in [-0.2, 0) is 6.18 Å². The first-order valence-electron chi connectivity index (χ1n) is 5.67. The Kier molecular flexibility index (Phi) is 3.19. The van der Waals surface area contributed by atoms with Crippen LogP contribution in [0.15, 0.2) is 29.3 Å². The summed E-state index contributed by atoms with van der Waals surface area (Å²) >= 11 is 0. The number of guanidine groups is 1. The molecule has 0 amide bonds. The van der Waals surface area contributed by atoms with Crippen LogP contribution >= 0.6 is 0 Å². The molecule has 2 rings (SSSR count). The van der Waals surface area contributed by atoms with Gasteiger partial charge in [-0.05, 0) is 18.6 Å². The Morgan fingerprint density at radius 1 is 1.39 bits per heavy atom. The number of hydrogen-bond donors (Lipinski definition) is 1. The maximum absolute atomic E-state index is 12.9. The lowest BCUT2D eigenvalue weighted by molar-refractivity contribution is -0.138. The van der Waals surface area contributed by atoms with Gasteiger partial charge in [0, 0.05) is 6.54 Å². The Hall–Kier alpha value is -1.72. The summed E-state index contributed by atoms with van der Waals surface area (Å²) in [6, 6.07) is 5.16. The van der Waals surface area contributed by atoms with Crippen LogP contribution in [0.2, 0.25) is 0 Å². The minimum absolute atomic E-state index is 0.232. The van der Waals surface area contributed by atoms with Gasteiger partial charge in [-0.2, -0.15) is 13.2 Å². The zero-order valence-corrected chi connectivity index (χ0v) is 9.91. The van der Waals surface area contributed by atoms with Crippen molar-refractivity contribution in [2.24, 2.45) is 10.7 Å². The van der Waals surface area contributed by atoms with Gasteiger partial charge in [-0.25, -0.2) is 0 Å². The molecule has 0 saturated carbocycles. The van der Waals surface area contributed by atoms with E-state index in [0.29, 0.717) is 12.5 Å². The fourth-order valence-electron chi connectivity index (χ4n) is 2.22. The molecule has 1 heterocycles. The van der Waals surface area contributed by atoms with Gasteiger partial charge in [-0.3, -0.25) is 4.99 Å². The lowest BCUT2D eigenvalue weighted by Crippen LogP contribution is -2.36. The molecule has 0 bridgehead atoms. The highest BCUT2D eigenvalue weighted by molar-refractivity contribution is 5.80. The van der Waals surface area contributed by atoms with E-state index in [1.165, 1.54) is 12.1 Å². The molecule has 2 N–H and O–H groups in total. The van der Waals surface area contributed by atoms with Crippen molar-refractivity contribution >= 4 is 5.96 Å². The third kappa shape index (κ3) is 2.14. The van der Waals surface area contributed by atoms with E-state index in [1.54, 1.807) is 11.0 Å². The standard InChI is InChI=1S/C12H14F3N3/c1-2-18-10(7-17-11(18)16)8-5-3-4-6-9(8)12(13,14)15/h3-6,10H,2,7H2,1H3,(H2,16,17). The first-order chi connectivity index (χ1) is 8.45. The number of benzene rings is 1.